The second-order valence-corrected chi connectivity index (χ2v) is 3.45. The van der Waals surface area contributed by atoms with Crippen molar-refractivity contribution in [3.63, 3.8) is 0 Å². The van der Waals surface area contributed by atoms with E-state index in [9.17, 15) is 0 Å². The highest BCUT2D eigenvalue weighted by Crippen LogP contribution is 2.21. The number of aliphatic hydroxyl groups is 1. The molecule has 1 heterocycles. The van der Waals surface area contributed by atoms with Gasteiger partial charge in [-0.05, 0) is 30.7 Å². The van der Waals surface area contributed by atoms with Crippen molar-refractivity contribution in [2.45, 2.75) is 13.5 Å². The molecule has 2 rings (SSSR count). The predicted molar refractivity (Wildman–Crippen MR) is 59.0 cm³/mol. The summed E-state index contributed by atoms with van der Waals surface area (Å²) in [6, 6.07) is 7.68. The molecule has 1 aromatic heterocycles. The number of benzene rings is 1. The lowest BCUT2D eigenvalue weighted by Crippen LogP contribution is -1.93. The molecule has 1 aromatic carbocycles. The van der Waals surface area contributed by atoms with Crippen LogP contribution in [0.15, 0.2) is 24.3 Å². The summed E-state index contributed by atoms with van der Waals surface area (Å²) in [4.78, 5) is 4.42. The molecule has 0 aliphatic rings. The van der Waals surface area contributed by atoms with Crippen LogP contribution in [0.4, 0.5) is 0 Å². The average molecular weight is 203 g/mol. The molecule has 3 heteroatoms. The van der Waals surface area contributed by atoms with Crippen molar-refractivity contribution in [3.8, 4) is 5.75 Å². The van der Waals surface area contributed by atoms with Crippen LogP contribution in [0.25, 0.3) is 10.9 Å². The Balaban J connectivity index is 2.65. The van der Waals surface area contributed by atoms with Crippen LogP contribution in [0.2, 0.25) is 0 Å². The van der Waals surface area contributed by atoms with E-state index in [0.29, 0.717) is 0 Å². The number of fused-ring (bicyclic) bond motifs is 1. The molecule has 0 aliphatic heterocycles. The van der Waals surface area contributed by atoms with E-state index >= 15 is 0 Å². The smallest absolute Gasteiger partial charge is 0.121 e. The van der Waals surface area contributed by atoms with Gasteiger partial charge in [0.2, 0.25) is 0 Å². The zero-order chi connectivity index (χ0) is 10.8. The quantitative estimate of drug-likeness (QED) is 0.812. The van der Waals surface area contributed by atoms with Crippen LogP contribution in [-0.4, -0.2) is 17.2 Å². The summed E-state index contributed by atoms with van der Waals surface area (Å²) in [5.41, 5.74) is 2.62. The van der Waals surface area contributed by atoms with Crippen LogP contribution in [0, 0.1) is 6.92 Å². The molecule has 0 saturated heterocycles. The van der Waals surface area contributed by atoms with Crippen LogP contribution >= 0.6 is 0 Å². The highest BCUT2D eigenvalue weighted by atomic mass is 16.5. The summed E-state index contributed by atoms with van der Waals surface area (Å²) in [7, 11) is 1.64. The van der Waals surface area contributed by atoms with Gasteiger partial charge in [-0.3, -0.25) is 4.98 Å². The highest BCUT2D eigenvalue weighted by molar-refractivity contribution is 5.81. The first-order valence-corrected chi connectivity index (χ1v) is 4.79. The number of methoxy groups -OCH3 is 1. The first kappa shape index (κ1) is 9.93. The normalized spacial score (nSPS) is 10.6. The van der Waals surface area contributed by atoms with Gasteiger partial charge in [-0.25, -0.2) is 0 Å². The number of aliphatic hydroxyl groups excluding tert-OH is 1. The van der Waals surface area contributed by atoms with Crippen LogP contribution in [0.1, 0.15) is 11.3 Å². The van der Waals surface area contributed by atoms with E-state index in [1.54, 1.807) is 7.11 Å². The van der Waals surface area contributed by atoms with Gasteiger partial charge in [0.25, 0.3) is 0 Å². The van der Waals surface area contributed by atoms with Gasteiger partial charge in [-0.15, -0.1) is 0 Å². The van der Waals surface area contributed by atoms with Crippen molar-refractivity contribution in [1.29, 1.82) is 0 Å². The SMILES string of the molecule is COc1ccc2cc(CO)c(C)nc2c1. The Labute approximate surface area is 88.3 Å². The van der Waals surface area contributed by atoms with Gasteiger partial charge in [-0.2, -0.15) is 0 Å². The summed E-state index contributed by atoms with van der Waals surface area (Å²) >= 11 is 0. The topological polar surface area (TPSA) is 42.4 Å². The van der Waals surface area contributed by atoms with Gasteiger partial charge in [0.15, 0.2) is 0 Å². The van der Waals surface area contributed by atoms with Crippen LogP contribution in [0.5, 0.6) is 5.75 Å². The standard InChI is InChI=1S/C12H13NO2/c1-8-10(7-14)5-9-3-4-11(15-2)6-12(9)13-8/h3-6,14H,7H2,1-2H3. The number of nitrogens with zero attached hydrogens (tertiary/aromatic N) is 1. The maximum Gasteiger partial charge on any atom is 0.121 e. The van der Waals surface area contributed by atoms with Gasteiger partial charge in [-0.1, -0.05) is 0 Å². The molecule has 15 heavy (non-hydrogen) atoms. The maximum atomic E-state index is 9.11. The van der Waals surface area contributed by atoms with E-state index in [4.69, 9.17) is 9.84 Å². The number of ether oxygens (including phenoxy) is 1. The van der Waals surface area contributed by atoms with Crippen LogP contribution in [-0.2, 0) is 6.61 Å². The van der Waals surface area contributed by atoms with E-state index in [0.717, 1.165) is 27.9 Å². The fourth-order valence-corrected chi connectivity index (χ4v) is 1.57. The van der Waals surface area contributed by atoms with Crippen molar-refractivity contribution in [2.24, 2.45) is 0 Å². The lowest BCUT2D eigenvalue weighted by Gasteiger charge is -2.06. The predicted octanol–water partition coefficient (Wildman–Crippen LogP) is 2.04. The molecule has 0 aliphatic carbocycles. The zero-order valence-electron chi connectivity index (χ0n) is 8.82. The summed E-state index contributed by atoms with van der Waals surface area (Å²) in [5, 5.41) is 10.1. The monoisotopic (exact) mass is 203 g/mol. The third kappa shape index (κ3) is 1.78. The fourth-order valence-electron chi connectivity index (χ4n) is 1.57. The van der Waals surface area contributed by atoms with Crippen molar-refractivity contribution < 1.29 is 9.84 Å². The summed E-state index contributed by atoms with van der Waals surface area (Å²) in [6.07, 6.45) is 0. The second-order valence-electron chi connectivity index (χ2n) is 3.45. The molecule has 0 fully saturated rings. The van der Waals surface area contributed by atoms with Gasteiger partial charge in [0.05, 0.1) is 19.2 Å². The lowest BCUT2D eigenvalue weighted by atomic mass is 10.1. The summed E-state index contributed by atoms with van der Waals surface area (Å²) in [6.45, 7) is 1.92. The van der Waals surface area contributed by atoms with E-state index < -0.39 is 0 Å². The van der Waals surface area contributed by atoms with Gasteiger partial charge in [0, 0.05) is 17.1 Å². The largest absolute Gasteiger partial charge is 0.497 e. The molecule has 0 bridgehead atoms. The number of rotatable bonds is 2. The number of hydrogen-bond donors (Lipinski definition) is 1. The Bertz CT molecular complexity index is 494. The molecule has 3 nitrogen and oxygen atoms in total. The van der Waals surface area contributed by atoms with Crippen molar-refractivity contribution >= 4 is 10.9 Å². The number of hydrogen-bond acceptors (Lipinski definition) is 3. The molecular weight excluding hydrogens is 190 g/mol. The Morgan fingerprint density at radius 3 is 2.80 bits per heavy atom. The Morgan fingerprint density at radius 2 is 2.13 bits per heavy atom. The molecule has 0 spiro atoms. The molecule has 0 amide bonds. The van der Waals surface area contributed by atoms with Crippen molar-refractivity contribution in [3.05, 3.63) is 35.5 Å². The number of aromatic nitrogens is 1. The number of pyridine rings is 1. The van der Waals surface area contributed by atoms with Gasteiger partial charge >= 0.3 is 0 Å². The maximum absolute atomic E-state index is 9.11. The average Bonchev–Trinajstić information content (AvgIpc) is 2.27. The summed E-state index contributed by atoms with van der Waals surface area (Å²) in [5.74, 6) is 0.797. The van der Waals surface area contributed by atoms with E-state index in [1.165, 1.54) is 0 Å². The van der Waals surface area contributed by atoms with Crippen LogP contribution < -0.4 is 4.74 Å². The molecule has 0 radical (unpaired) electrons. The van der Waals surface area contributed by atoms with Gasteiger partial charge in [0.1, 0.15) is 5.75 Å². The molecular formula is C12H13NO2. The number of aryl methyl sites for hydroxylation is 1. The van der Waals surface area contributed by atoms with E-state index in [2.05, 4.69) is 4.98 Å². The third-order valence-corrected chi connectivity index (χ3v) is 2.49. The first-order chi connectivity index (χ1) is 7.24. The van der Waals surface area contributed by atoms with Crippen LogP contribution in [0.3, 0.4) is 0 Å². The Hall–Kier alpha value is -1.61. The first-order valence-electron chi connectivity index (χ1n) is 4.79. The van der Waals surface area contributed by atoms with E-state index in [-0.39, 0.29) is 6.61 Å². The third-order valence-electron chi connectivity index (χ3n) is 2.49. The molecule has 78 valence electrons. The Morgan fingerprint density at radius 1 is 1.33 bits per heavy atom. The Kier molecular flexibility index (Phi) is 2.56. The minimum Gasteiger partial charge on any atom is -0.497 e. The molecule has 0 atom stereocenters. The fraction of sp³-hybridized carbons (Fsp3) is 0.250. The molecule has 0 saturated carbocycles. The van der Waals surface area contributed by atoms with Gasteiger partial charge < -0.3 is 9.84 Å². The summed E-state index contributed by atoms with van der Waals surface area (Å²) < 4.78 is 5.13. The molecule has 1 N–H and O–H groups in total. The molecule has 2 aromatic rings. The second kappa shape index (κ2) is 3.87. The molecule has 0 unspecified atom stereocenters. The van der Waals surface area contributed by atoms with Crippen molar-refractivity contribution in [1.82, 2.24) is 4.98 Å². The van der Waals surface area contributed by atoms with Crippen molar-refractivity contribution in [2.75, 3.05) is 7.11 Å². The van der Waals surface area contributed by atoms with E-state index in [1.807, 2.05) is 31.2 Å². The minimum atomic E-state index is 0.0286. The lowest BCUT2D eigenvalue weighted by molar-refractivity contribution is 0.280. The minimum absolute atomic E-state index is 0.0286. The zero-order valence-corrected chi connectivity index (χ0v) is 8.82. The highest BCUT2D eigenvalue weighted by Gasteiger charge is 2.03.